The molecular weight excluding hydrogens is 276 g/mol. The van der Waals surface area contributed by atoms with Crippen molar-refractivity contribution in [2.24, 2.45) is 5.92 Å². The molecule has 6 heteroatoms. The molecule has 2 rings (SSSR count). The number of carbonyl (C=O) groups is 2. The zero-order valence-corrected chi connectivity index (χ0v) is 13.3. The lowest BCUT2D eigenvalue weighted by Gasteiger charge is -2.30. The Morgan fingerprint density at radius 1 is 1.35 bits per heavy atom. The van der Waals surface area contributed by atoms with Gasteiger partial charge >= 0.3 is 12.0 Å². The van der Waals surface area contributed by atoms with Crippen LogP contribution < -0.4 is 5.32 Å². The predicted molar refractivity (Wildman–Crippen MR) is 80.0 cm³/mol. The summed E-state index contributed by atoms with van der Waals surface area (Å²) >= 11 is 1.87. The van der Waals surface area contributed by atoms with Crippen LogP contribution in [0.15, 0.2) is 0 Å². The third kappa shape index (κ3) is 3.40. The maximum atomic E-state index is 12.4. The molecule has 0 bridgehead atoms. The van der Waals surface area contributed by atoms with E-state index in [1.54, 1.807) is 11.8 Å². The van der Waals surface area contributed by atoms with E-state index >= 15 is 0 Å². The largest absolute Gasteiger partial charge is 0.480 e. The fraction of sp³-hybridized carbons (Fsp3) is 0.857. The smallest absolute Gasteiger partial charge is 0.329 e. The average molecular weight is 300 g/mol. The highest BCUT2D eigenvalue weighted by Crippen LogP contribution is 2.40. The van der Waals surface area contributed by atoms with Crippen molar-refractivity contribution in [1.29, 1.82) is 0 Å². The molecule has 1 saturated carbocycles. The number of hydrogen-bond donors (Lipinski definition) is 2. The van der Waals surface area contributed by atoms with Crippen molar-refractivity contribution in [3.8, 4) is 0 Å². The number of nitrogens with one attached hydrogen (secondary N) is 1. The molecule has 1 unspecified atom stereocenters. The topological polar surface area (TPSA) is 69.6 Å². The minimum atomic E-state index is -1.12. The normalized spacial score (nSPS) is 25.4. The lowest BCUT2D eigenvalue weighted by Crippen LogP contribution is -2.57. The number of rotatable bonds is 3. The molecule has 20 heavy (non-hydrogen) atoms. The summed E-state index contributed by atoms with van der Waals surface area (Å²) in [4.78, 5) is 25.6. The molecule has 0 spiro atoms. The summed E-state index contributed by atoms with van der Waals surface area (Å²) < 4.78 is 0.182. The fourth-order valence-electron chi connectivity index (χ4n) is 2.52. The number of urea groups is 1. The van der Waals surface area contributed by atoms with Crippen molar-refractivity contribution < 1.29 is 14.7 Å². The Kier molecular flexibility index (Phi) is 4.23. The zero-order valence-electron chi connectivity index (χ0n) is 12.4. The molecule has 5 nitrogen and oxygen atoms in total. The molecule has 0 aromatic carbocycles. The minimum Gasteiger partial charge on any atom is -0.480 e. The van der Waals surface area contributed by atoms with Crippen LogP contribution in [0.3, 0.4) is 0 Å². The van der Waals surface area contributed by atoms with Gasteiger partial charge in [-0.05, 0) is 32.1 Å². The second kappa shape index (κ2) is 5.47. The van der Waals surface area contributed by atoms with Gasteiger partial charge in [0, 0.05) is 23.6 Å². The molecule has 1 aliphatic carbocycles. The summed E-state index contributed by atoms with van der Waals surface area (Å²) in [6.07, 6.45) is 2.69. The lowest BCUT2D eigenvalue weighted by atomic mass is 9.96. The zero-order chi connectivity index (χ0) is 15.0. The first-order valence-corrected chi connectivity index (χ1v) is 8.18. The molecule has 1 saturated heterocycles. The molecule has 1 heterocycles. The second-order valence-corrected chi connectivity index (χ2v) is 8.36. The van der Waals surface area contributed by atoms with Gasteiger partial charge in [0.05, 0.1) is 0 Å². The molecule has 2 amide bonds. The molecule has 0 radical (unpaired) electrons. The van der Waals surface area contributed by atoms with Gasteiger partial charge in [-0.3, -0.25) is 0 Å². The molecule has 1 atom stereocenters. The Labute approximate surface area is 124 Å². The number of carboxylic acids is 1. The van der Waals surface area contributed by atoms with Crippen molar-refractivity contribution in [2.75, 3.05) is 18.8 Å². The molecule has 2 fully saturated rings. The monoisotopic (exact) mass is 300 g/mol. The van der Waals surface area contributed by atoms with E-state index in [0.29, 0.717) is 13.1 Å². The van der Waals surface area contributed by atoms with E-state index in [2.05, 4.69) is 19.2 Å². The Morgan fingerprint density at radius 3 is 2.55 bits per heavy atom. The van der Waals surface area contributed by atoms with E-state index in [-0.39, 0.29) is 16.7 Å². The Bertz CT molecular complexity index is 409. The van der Waals surface area contributed by atoms with Gasteiger partial charge in [0.15, 0.2) is 0 Å². The van der Waals surface area contributed by atoms with Crippen LogP contribution in [0, 0.1) is 5.92 Å². The summed E-state index contributed by atoms with van der Waals surface area (Å²) in [5.74, 6) is 0.0350. The van der Waals surface area contributed by atoms with E-state index < -0.39 is 11.5 Å². The molecule has 0 aromatic rings. The summed E-state index contributed by atoms with van der Waals surface area (Å²) in [5.41, 5.74) is -1.12. The van der Waals surface area contributed by atoms with Gasteiger partial charge in [-0.2, -0.15) is 11.8 Å². The van der Waals surface area contributed by atoms with Gasteiger partial charge in [-0.1, -0.05) is 13.8 Å². The number of amides is 2. The Balaban J connectivity index is 1.99. The van der Waals surface area contributed by atoms with Gasteiger partial charge in [0.25, 0.3) is 0 Å². The van der Waals surface area contributed by atoms with Gasteiger partial charge in [-0.25, -0.2) is 9.59 Å². The maximum absolute atomic E-state index is 12.4. The van der Waals surface area contributed by atoms with Crippen molar-refractivity contribution in [2.45, 2.75) is 50.3 Å². The van der Waals surface area contributed by atoms with Gasteiger partial charge in [-0.15, -0.1) is 0 Å². The van der Waals surface area contributed by atoms with Crippen molar-refractivity contribution >= 4 is 23.8 Å². The Hall–Kier alpha value is -0.910. The SMILES string of the molecule is CC1(C)CCN(C(=O)NC(C)(C(=O)O)C2CC2)CCS1. The van der Waals surface area contributed by atoms with E-state index in [0.717, 1.165) is 25.0 Å². The van der Waals surface area contributed by atoms with E-state index in [9.17, 15) is 14.7 Å². The van der Waals surface area contributed by atoms with Crippen LogP contribution in [0.25, 0.3) is 0 Å². The number of carboxylic acid groups (broad SMARTS) is 1. The first kappa shape index (κ1) is 15.5. The van der Waals surface area contributed by atoms with Crippen LogP contribution in [0.1, 0.15) is 40.0 Å². The van der Waals surface area contributed by atoms with Crippen molar-refractivity contribution in [3.63, 3.8) is 0 Å². The van der Waals surface area contributed by atoms with E-state index in [4.69, 9.17) is 0 Å². The van der Waals surface area contributed by atoms with Gasteiger partial charge in [0.2, 0.25) is 0 Å². The second-order valence-electron chi connectivity index (χ2n) is 6.56. The first-order valence-electron chi connectivity index (χ1n) is 7.19. The van der Waals surface area contributed by atoms with Crippen LogP contribution in [0.4, 0.5) is 4.79 Å². The quantitative estimate of drug-likeness (QED) is 0.838. The number of nitrogens with zero attached hydrogens (tertiary/aromatic N) is 1. The van der Waals surface area contributed by atoms with Gasteiger partial charge < -0.3 is 15.3 Å². The molecule has 1 aliphatic heterocycles. The van der Waals surface area contributed by atoms with Crippen LogP contribution in [-0.2, 0) is 4.79 Å². The Morgan fingerprint density at radius 2 is 2.00 bits per heavy atom. The van der Waals surface area contributed by atoms with Crippen LogP contribution in [0.2, 0.25) is 0 Å². The van der Waals surface area contributed by atoms with Gasteiger partial charge in [0.1, 0.15) is 5.54 Å². The highest BCUT2D eigenvalue weighted by molar-refractivity contribution is 8.00. The molecule has 0 aromatic heterocycles. The summed E-state index contributed by atoms with van der Waals surface area (Å²) in [6, 6.07) is -0.236. The maximum Gasteiger partial charge on any atom is 0.329 e. The minimum absolute atomic E-state index is 0.0711. The highest BCUT2D eigenvalue weighted by atomic mass is 32.2. The van der Waals surface area contributed by atoms with Crippen LogP contribution in [-0.4, -0.2) is 51.1 Å². The number of aliphatic carboxylic acids is 1. The molecule has 2 aliphatic rings. The average Bonchev–Trinajstić information content (AvgIpc) is 3.15. The molecule has 2 N–H and O–H groups in total. The van der Waals surface area contributed by atoms with E-state index in [1.165, 1.54) is 0 Å². The summed E-state index contributed by atoms with van der Waals surface area (Å²) in [5, 5.41) is 12.1. The number of thioether (sulfide) groups is 1. The fourth-order valence-corrected chi connectivity index (χ4v) is 3.62. The molecular formula is C14H24N2O3S. The molecule has 114 valence electrons. The summed E-state index contributed by atoms with van der Waals surface area (Å²) in [7, 11) is 0. The van der Waals surface area contributed by atoms with Crippen molar-refractivity contribution in [3.05, 3.63) is 0 Å². The highest BCUT2D eigenvalue weighted by Gasteiger charge is 2.49. The predicted octanol–water partition coefficient (Wildman–Crippen LogP) is 2.17. The summed E-state index contributed by atoms with van der Waals surface area (Å²) in [6.45, 7) is 7.36. The van der Waals surface area contributed by atoms with E-state index in [1.807, 2.05) is 11.8 Å². The van der Waals surface area contributed by atoms with Crippen LogP contribution in [0.5, 0.6) is 0 Å². The van der Waals surface area contributed by atoms with Crippen LogP contribution >= 0.6 is 11.8 Å². The lowest BCUT2D eigenvalue weighted by molar-refractivity contribution is -0.144. The first-order chi connectivity index (χ1) is 9.24. The third-order valence-corrected chi connectivity index (χ3v) is 5.70. The van der Waals surface area contributed by atoms with Crippen molar-refractivity contribution in [1.82, 2.24) is 10.2 Å². The third-order valence-electron chi connectivity index (χ3n) is 4.33. The standard InChI is InChI=1S/C14H24N2O3S/c1-13(2)6-7-16(8-9-20-13)12(19)15-14(3,11(17)18)10-4-5-10/h10H,4-9H2,1-3H3,(H,15,19)(H,17,18). The number of carbonyl (C=O) groups excluding carboxylic acids is 1. The number of hydrogen-bond acceptors (Lipinski definition) is 3.